The van der Waals surface area contributed by atoms with Crippen LogP contribution < -0.4 is 10.1 Å². The monoisotopic (exact) mass is 307 g/mol. The van der Waals surface area contributed by atoms with Gasteiger partial charge in [-0.25, -0.2) is 4.39 Å². The van der Waals surface area contributed by atoms with Crippen molar-refractivity contribution < 1.29 is 27.9 Å². The quantitative estimate of drug-likeness (QED) is 0.825. The van der Waals surface area contributed by atoms with Crippen LogP contribution in [0.2, 0.25) is 0 Å². The molecule has 1 heterocycles. The first-order valence-electron chi connectivity index (χ1n) is 6.40. The fourth-order valence-corrected chi connectivity index (χ4v) is 1.57. The second-order valence-electron chi connectivity index (χ2n) is 4.27. The molecule has 1 amide bonds. The molecule has 1 aromatic carbocycles. The van der Waals surface area contributed by atoms with E-state index in [9.17, 15) is 14.0 Å². The third kappa shape index (κ3) is 4.34. The highest BCUT2D eigenvalue weighted by molar-refractivity contribution is 5.93. The van der Waals surface area contributed by atoms with Gasteiger partial charge in [-0.1, -0.05) is 0 Å². The largest absolute Gasteiger partial charge is 0.486 e. The summed E-state index contributed by atoms with van der Waals surface area (Å²) >= 11 is 0. The van der Waals surface area contributed by atoms with Crippen LogP contribution >= 0.6 is 0 Å². The molecule has 0 spiro atoms. The van der Waals surface area contributed by atoms with Gasteiger partial charge < -0.3 is 19.2 Å². The molecule has 2 rings (SSSR count). The van der Waals surface area contributed by atoms with Crippen molar-refractivity contribution in [2.75, 3.05) is 13.7 Å². The zero-order valence-electron chi connectivity index (χ0n) is 11.8. The van der Waals surface area contributed by atoms with Crippen molar-refractivity contribution >= 4 is 11.9 Å². The highest BCUT2D eigenvalue weighted by atomic mass is 19.1. The fraction of sp³-hybridized carbons (Fsp3) is 0.200. The van der Waals surface area contributed by atoms with E-state index < -0.39 is 11.9 Å². The second-order valence-corrected chi connectivity index (χ2v) is 4.27. The zero-order valence-corrected chi connectivity index (χ0v) is 11.8. The molecular formula is C15H14FNO5. The van der Waals surface area contributed by atoms with E-state index in [0.717, 1.165) is 0 Å². The molecule has 0 fully saturated rings. The number of rotatable bonds is 6. The van der Waals surface area contributed by atoms with E-state index in [1.54, 1.807) is 6.07 Å². The number of methoxy groups -OCH3 is 1. The lowest BCUT2D eigenvalue weighted by Gasteiger charge is -2.04. The minimum Gasteiger partial charge on any atom is -0.486 e. The molecule has 0 radical (unpaired) electrons. The molecule has 6 nitrogen and oxygen atoms in total. The summed E-state index contributed by atoms with van der Waals surface area (Å²) in [7, 11) is 1.23. The molecule has 0 bridgehead atoms. The van der Waals surface area contributed by atoms with Gasteiger partial charge in [-0.15, -0.1) is 0 Å². The normalized spacial score (nSPS) is 10.1. The minimum atomic E-state index is -0.556. The standard InChI is InChI=1S/C15H14FNO5/c1-20-14(18)8-17-15(19)13-7-6-12(22-13)9-21-11-4-2-10(16)3-5-11/h2-7H,8-9H2,1H3,(H,17,19). The molecule has 7 heteroatoms. The molecule has 2 aromatic rings. The number of furan rings is 1. The molecule has 0 saturated heterocycles. The van der Waals surface area contributed by atoms with Crippen LogP contribution in [0.1, 0.15) is 16.3 Å². The zero-order chi connectivity index (χ0) is 15.9. The topological polar surface area (TPSA) is 77.8 Å². The van der Waals surface area contributed by atoms with Gasteiger partial charge in [0, 0.05) is 0 Å². The van der Waals surface area contributed by atoms with Crippen molar-refractivity contribution in [3.8, 4) is 5.75 Å². The first kappa shape index (κ1) is 15.6. The smallest absolute Gasteiger partial charge is 0.325 e. The van der Waals surface area contributed by atoms with Gasteiger partial charge in [0.05, 0.1) is 7.11 Å². The number of carbonyl (C=O) groups excluding carboxylic acids is 2. The number of esters is 1. The van der Waals surface area contributed by atoms with Gasteiger partial charge in [0.2, 0.25) is 0 Å². The average molecular weight is 307 g/mol. The number of halogens is 1. The Morgan fingerprint density at radius 1 is 1.18 bits per heavy atom. The Hall–Kier alpha value is -2.83. The molecule has 0 aliphatic rings. The lowest BCUT2D eigenvalue weighted by Crippen LogP contribution is -2.29. The van der Waals surface area contributed by atoms with E-state index in [0.29, 0.717) is 11.5 Å². The number of hydrogen-bond acceptors (Lipinski definition) is 5. The van der Waals surface area contributed by atoms with Crippen LogP contribution in [0.25, 0.3) is 0 Å². The van der Waals surface area contributed by atoms with Crippen LogP contribution in [0, 0.1) is 5.82 Å². The van der Waals surface area contributed by atoms with Gasteiger partial charge in [0.1, 0.15) is 30.5 Å². The van der Waals surface area contributed by atoms with Crippen molar-refractivity contribution in [3.05, 3.63) is 53.7 Å². The maximum absolute atomic E-state index is 12.7. The molecule has 1 aromatic heterocycles. The second kappa shape index (κ2) is 7.26. The van der Waals surface area contributed by atoms with Crippen LogP contribution in [0.3, 0.4) is 0 Å². The van der Waals surface area contributed by atoms with E-state index in [-0.39, 0.29) is 24.7 Å². The van der Waals surface area contributed by atoms with Gasteiger partial charge in [-0.05, 0) is 36.4 Å². The summed E-state index contributed by atoms with van der Waals surface area (Å²) in [6, 6.07) is 8.59. The first-order valence-corrected chi connectivity index (χ1v) is 6.40. The lowest BCUT2D eigenvalue weighted by molar-refractivity contribution is -0.139. The summed E-state index contributed by atoms with van der Waals surface area (Å²) < 4.78 is 27.8. The number of nitrogens with one attached hydrogen (secondary N) is 1. The summed E-state index contributed by atoms with van der Waals surface area (Å²) in [5, 5.41) is 2.35. The lowest BCUT2D eigenvalue weighted by atomic mass is 10.3. The Labute approximate surface area is 125 Å². The summed E-state index contributed by atoms with van der Waals surface area (Å²) in [6.07, 6.45) is 0. The fourth-order valence-electron chi connectivity index (χ4n) is 1.57. The number of amides is 1. The number of benzene rings is 1. The maximum Gasteiger partial charge on any atom is 0.325 e. The molecule has 0 saturated carbocycles. The van der Waals surface area contributed by atoms with Gasteiger partial charge >= 0.3 is 5.97 Å². The van der Waals surface area contributed by atoms with Crippen molar-refractivity contribution in [3.63, 3.8) is 0 Å². The molecule has 0 atom stereocenters. The van der Waals surface area contributed by atoms with Crippen molar-refractivity contribution in [2.24, 2.45) is 0 Å². The Kier molecular flexibility index (Phi) is 5.13. The van der Waals surface area contributed by atoms with Crippen molar-refractivity contribution in [2.45, 2.75) is 6.61 Å². The van der Waals surface area contributed by atoms with Crippen molar-refractivity contribution in [1.29, 1.82) is 0 Å². The Morgan fingerprint density at radius 2 is 1.91 bits per heavy atom. The van der Waals surface area contributed by atoms with Crippen molar-refractivity contribution in [1.82, 2.24) is 5.32 Å². The summed E-state index contributed by atoms with van der Waals surface area (Å²) in [4.78, 5) is 22.6. The van der Waals surface area contributed by atoms with Gasteiger partial charge in [0.15, 0.2) is 5.76 Å². The van der Waals surface area contributed by atoms with E-state index in [4.69, 9.17) is 9.15 Å². The predicted molar refractivity (Wildman–Crippen MR) is 73.8 cm³/mol. The van der Waals surface area contributed by atoms with Crippen LogP contribution in [-0.2, 0) is 16.1 Å². The molecule has 116 valence electrons. The van der Waals surface area contributed by atoms with Gasteiger partial charge in [0.25, 0.3) is 5.91 Å². The molecule has 0 aliphatic heterocycles. The Morgan fingerprint density at radius 3 is 2.59 bits per heavy atom. The molecule has 0 unspecified atom stereocenters. The number of carbonyl (C=O) groups is 2. The van der Waals surface area contributed by atoms with E-state index in [1.165, 1.54) is 37.4 Å². The predicted octanol–water partition coefficient (Wildman–Crippen LogP) is 1.90. The van der Waals surface area contributed by atoms with Crippen LogP contribution in [0.15, 0.2) is 40.8 Å². The van der Waals surface area contributed by atoms with Gasteiger partial charge in [-0.2, -0.15) is 0 Å². The summed E-state index contributed by atoms with van der Waals surface area (Å²) in [5.74, 6) is -0.475. The number of hydrogen-bond donors (Lipinski definition) is 1. The molecular weight excluding hydrogens is 293 g/mol. The Balaban J connectivity index is 1.86. The van der Waals surface area contributed by atoms with Crippen LogP contribution in [0.4, 0.5) is 4.39 Å². The van der Waals surface area contributed by atoms with Gasteiger partial charge in [-0.3, -0.25) is 9.59 Å². The van der Waals surface area contributed by atoms with Crippen LogP contribution in [0.5, 0.6) is 5.75 Å². The van der Waals surface area contributed by atoms with E-state index in [2.05, 4.69) is 10.1 Å². The van der Waals surface area contributed by atoms with E-state index >= 15 is 0 Å². The minimum absolute atomic E-state index is 0.0570. The highest BCUT2D eigenvalue weighted by Gasteiger charge is 2.12. The first-order chi connectivity index (χ1) is 10.6. The number of ether oxygens (including phenoxy) is 2. The molecule has 1 N–H and O–H groups in total. The van der Waals surface area contributed by atoms with Crippen LogP contribution in [-0.4, -0.2) is 25.5 Å². The maximum atomic E-state index is 12.7. The summed E-state index contributed by atoms with van der Waals surface area (Å²) in [6.45, 7) is -0.145. The third-order valence-corrected chi connectivity index (χ3v) is 2.70. The summed E-state index contributed by atoms with van der Waals surface area (Å²) in [5.41, 5.74) is 0. The third-order valence-electron chi connectivity index (χ3n) is 2.70. The SMILES string of the molecule is COC(=O)CNC(=O)c1ccc(COc2ccc(F)cc2)o1. The molecule has 0 aliphatic carbocycles. The van der Waals surface area contributed by atoms with E-state index in [1.807, 2.05) is 0 Å². The Bertz CT molecular complexity index is 650. The highest BCUT2D eigenvalue weighted by Crippen LogP contribution is 2.15. The average Bonchev–Trinajstić information content (AvgIpc) is 3.00. The molecule has 22 heavy (non-hydrogen) atoms.